The normalized spacial score (nSPS) is 11.6. The molecule has 1 aromatic carbocycles. The summed E-state index contributed by atoms with van der Waals surface area (Å²) in [5.41, 5.74) is 1.15. The van der Waals surface area contributed by atoms with E-state index in [-0.39, 0.29) is 12.0 Å². The molecule has 0 radical (unpaired) electrons. The minimum absolute atomic E-state index is 0.0492. The molecule has 0 bridgehead atoms. The van der Waals surface area contributed by atoms with Gasteiger partial charge in [0.2, 0.25) is 5.13 Å². The van der Waals surface area contributed by atoms with Crippen LogP contribution in [-0.2, 0) is 12.0 Å². The maximum absolute atomic E-state index is 9.26. The molecule has 5 heteroatoms. The Balaban J connectivity index is 2.18. The van der Waals surface area contributed by atoms with Gasteiger partial charge >= 0.3 is 0 Å². The molecule has 0 aliphatic rings. The smallest absolute Gasteiger partial charge is 0.205 e. The second kappa shape index (κ2) is 6.33. The van der Waals surface area contributed by atoms with E-state index < -0.39 is 0 Å². The van der Waals surface area contributed by atoms with Crippen LogP contribution in [-0.4, -0.2) is 27.6 Å². The Kier molecular flexibility index (Phi) is 4.73. The Labute approximate surface area is 124 Å². The first-order chi connectivity index (χ1) is 9.50. The predicted molar refractivity (Wildman–Crippen MR) is 83.2 cm³/mol. The van der Waals surface area contributed by atoms with Gasteiger partial charge in [-0.2, -0.15) is 4.37 Å². The summed E-state index contributed by atoms with van der Waals surface area (Å²) in [4.78, 5) is 6.69. The molecule has 1 N–H and O–H groups in total. The van der Waals surface area contributed by atoms with E-state index in [2.05, 4.69) is 47.2 Å². The molecule has 1 aromatic heterocycles. The Bertz CT molecular complexity index is 534. The number of hydrogen-bond acceptors (Lipinski definition) is 5. The minimum atomic E-state index is -0.0492. The van der Waals surface area contributed by atoms with E-state index in [0.717, 1.165) is 17.5 Å². The first-order valence-corrected chi connectivity index (χ1v) is 7.52. The van der Waals surface area contributed by atoms with Crippen LogP contribution in [0.5, 0.6) is 0 Å². The van der Waals surface area contributed by atoms with Gasteiger partial charge in [0.1, 0.15) is 5.82 Å². The van der Waals surface area contributed by atoms with Crippen LogP contribution in [0, 0.1) is 0 Å². The molecule has 20 heavy (non-hydrogen) atoms. The van der Waals surface area contributed by atoms with Crippen LogP contribution in [0.1, 0.15) is 32.2 Å². The van der Waals surface area contributed by atoms with Crippen LogP contribution in [0.3, 0.4) is 0 Å². The Morgan fingerprint density at radius 1 is 1.20 bits per heavy atom. The quantitative estimate of drug-likeness (QED) is 0.920. The lowest BCUT2D eigenvalue weighted by atomic mass is 9.96. The Morgan fingerprint density at radius 2 is 1.90 bits per heavy atom. The number of nitrogens with zero attached hydrogens (tertiary/aromatic N) is 3. The molecule has 0 amide bonds. The van der Waals surface area contributed by atoms with Gasteiger partial charge in [-0.15, -0.1) is 0 Å². The van der Waals surface area contributed by atoms with Crippen LogP contribution >= 0.6 is 11.5 Å². The lowest BCUT2D eigenvalue weighted by molar-refractivity contribution is 0.301. The van der Waals surface area contributed by atoms with Crippen molar-refractivity contribution >= 4 is 16.7 Å². The topological polar surface area (TPSA) is 49.2 Å². The average Bonchev–Trinajstić information content (AvgIpc) is 2.89. The summed E-state index contributed by atoms with van der Waals surface area (Å²) in [6.45, 7) is 7.72. The zero-order valence-corrected chi connectivity index (χ0v) is 13.0. The zero-order chi connectivity index (χ0) is 14.6. The SMILES string of the molecule is CC(C)(C)c1nsc(N(CCO)Cc2ccccc2)n1. The fourth-order valence-corrected chi connectivity index (χ4v) is 2.70. The maximum Gasteiger partial charge on any atom is 0.205 e. The largest absolute Gasteiger partial charge is 0.395 e. The molecule has 2 rings (SSSR count). The highest BCUT2D eigenvalue weighted by molar-refractivity contribution is 7.09. The van der Waals surface area contributed by atoms with Crippen molar-refractivity contribution in [1.29, 1.82) is 0 Å². The number of rotatable bonds is 5. The van der Waals surface area contributed by atoms with Gasteiger partial charge in [-0.25, -0.2) is 4.98 Å². The molecule has 0 aliphatic carbocycles. The van der Waals surface area contributed by atoms with E-state index in [9.17, 15) is 5.11 Å². The standard InChI is InChI=1S/C15H21N3OS/c1-15(2,3)13-16-14(20-17-13)18(9-10-19)11-12-7-5-4-6-8-12/h4-8,19H,9-11H2,1-3H3. The van der Waals surface area contributed by atoms with Gasteiger partial charge in [-0.1, -0.05) is 51.1 Å². The van der Waals surface area contributed by atoms with Gasteiger partial charge in [-0.3, -0.25) is 0 Å². The molecule has 0 aliphatic heterocycles. The van der Waals surface area contributed by atoms with Crippen LogP contribution in [0.2, 0.25) is 0 Å². The summed E-state index contributed by atoms with van der Waals surface area (Å²) < 4.78 is 4.44. The molecule has 1 heterocycles. The van der Waals surface area contributed by atoms with Crippen molar-refractivity contribution in [3.63, 3.8) is 0 Å². The van der Waals surface area contributed by atoms with E-state index in [0.29, 0.717) is 6.54 Å². The molecule has 108 valence electrons. The van der Waals surface area contributed by atoms with Crippen molar-refractivity contribution in [2.45, 2.75) is 32.7 Å². The second-order valence-electron chi connectivity index (χ2n) is 5.78. The van der Waals surface area contributed by atoms with E-state index in [4.69, 9.17) is 0 Å². The molecular weight excluding hydrogens is 270 g/mol. The maximum atomic E-state index is 9.26. The lowest BCUT2D eigenvalue weighted by Gasteiger charge is -2.20. The van der Waals surface area contributed by atoms with E-state index in [1.54, 1.807) is 0 Å². The van der Waals surface area contributed by atoms with Gasteiger partial charge in [0, 0.05) is 30.0 Å². The van der Waals surface area contributed by atoms with Crippen molar-refractivity contribution in [2.75, 3.05) is 18.1 Å². The summed E-state index contributed by atoms with van der Waals surface area (Å²) >= 11 is 1.40. The fraction of sp³-hybridized carbons (Fsp3) is 0.467. The number of anilines is 1. The van der Waals surface area contributed by atoms with Gasteiger partial charge in [0.25, 0.3) is 0 Å². The van der Waals surface area contributed by atoms with E-state index in [1.807, 2.05) is 18.2 Å². The van der Waals surface area contributed by atoms with Gasteiger partial charge < -0.3 is 10.0 Å². The third-order valence-electron chi connectivity index (χ3n) is 2.94. The summed E-state index contributed by atoms with van der Waals surface area (Å²) in [6, 6.07) is 10.2. The third kappa shape index (κ3) is 3.77. The summed E-state index contributed by atoms with van der Waals surface area (Å²) in [7, 11) is 0. The summed E-state index contributed by atoms with van der Waals surface area (Å²) in [5, 5.41) is 10.1. The lowest BCUT2D eigenvalue weighted by Crippen LogP contribution is -2.26. The first-order valence-electron chi connectivity index (χ1n) is 6.74. The number of benzene rings is 1. The van der Waals surface area contributed by atoms with Crippen molar-refractivity contribution in [3.05, 3.63) is 41.7 Å². The summed E-state index contributed by atoms with van der Waals surface area (Å²) in [6.07, 6.45) is 0. The second-order valence-corrected chi connectivity index (χ2v) is 6.51. The van der Waals surface area contributed by atoms with E-state index >= 15 is 0 Å². The van der Waals surface area contributed by atoms with Crippen LogP contribution < -0.4 is 4.90 Å². The molecular formula is C15H21N3OS. The van der Waals surface area contributed by atoms with Gasteiger partial charge in [-0.05, 0) is 5.56 Å². The minimum Gasteiger partial charge on any atom is -0.395 e. The number of aromatic nitrogens is 2. The third-order valence-corrected chi connectivity index (χ3v) is 3.72. The first kappa shape index (κ1) is 14.9. The van der Waals surface area contributed by atoms with Crippen LogP contribution in [0.25, 0.3) is 0 Å². The number of hydrogen-bond donors (Lipinski definition) is 1. The number of aliphatic hydroxyl groups excluding tert-OH is 1. The molecule has 0 fully saturated rings. The number of aliphatic hydroxyl groups is 1. The predicted octanol–water partition coefficient (Wildman–Crippen LogP) is 2.83. The Morgan fingerprint density at radius 3 is 2.45 bits per heavy atom. The average molecular weight is 291 g/mol. The van der Waals surface area contributed by atoms with Crippen molar-refractivity contribution < 1.29 is 5.11 Å². The molecule has 0 saturated carbocycles. The monoisotopic (exact) mass is 291 g/mol. The molecule has 0 saturated heterocycles. The van der Waals surface area contributed by atoms with Gasteiger partial charge in [0.15, 0.2) is 0 Å². The van der Waals surface area contributed by atoms with Crippen LogP contribution in [0.4, 0.5) is 5.13 Å². The highest BCUT2D eigenvalue weighted by Crippen LogP contribution is 2.26. The van der Waals surface area contributed by atoms with Crippen LogP contribution in [0.15, 0.2) is 30.3 Å². The van der Waals surface area contributed by atoms with Crippen molar-refractivity contribution in [1.82, 2.24) is 9.36 Å². The summed E-state index contributed by atoms with van der Waals surface area (Å²) in [5.74, 6) is 0.855. The molecule has 4 nitrogen and oxygen atoms in total. The molecule has 0 atom stereocenters. The molecule has 0 spiro atoms. The van der Waals surface area contributed by atoms with Crippen molar-refractivity contribution in [2.24, 2.45) is 0 Å². The molecule has 2 aromatic rings. The zero-order valence-electron chi connectivity index (χ0n) is 12.2. The highest BCUT2D eigenvalue weighted by Gasteiger charge is 2.21. The highest BCUT2D eigenvalue weighted by atomic mass is 32.1. The Hall–Kier alpha value is -1.46. The van der Waals surface area contributed by atoms with E-state index in [1.165, 1.54) is 17.1 Å². The fourth-order valence-electron chi connectivity index (χ4n) is 1.82. The van der Waals surface area contributed by atoms with Gasteiger partial charge in [0.05, 0.1) is 6.61 Å². The molecule has 0 unspecified atom stereocenters. The van der Waals surface area contributed by atoms with Crippen molar-refractivity contribution in [3.8, 4) is 0 Å².